The summed E-state index contributed by atoms with van der Waals surface area (Å²) in [6.07, 6.45) is 5.32. The van der Waals surface area contributed by atoms with E-state index >= 15 is 0 Å². The molecule has 0 atom stereocenters. The van der Waals surface area contributed by atoms with Crippen molar-refractivity contribution < 1.29 is 9.90 Å². The Morgan fingerprint density at radius 2 is 2.24 bits per heavy atom. The molecule has 0 saturated carbocycles. The number of aliphatic hydroxyl groups excluding tert-OH is 1. The van der Waals surface area contributed by atoms with Crippen LogP contribution in [-0.2, 0) is 6.54 Å². The van der Waals surface area contributed by atoms with Gasteiger partial charge in [-0.05, 0) is 31.5 Å². The van der Waals surface area contributed by atoms with Crippen LogP contribution in [0.5, 0.6) is 0 Å². The number of Topliss-reactive ketones (excluding diaryl/α,β-unsaturated/α-hetero) is 1. The van der Waals surface area contributed by atoms with Crippen molar-refractivity contribution in [1.29, 1.82) is 0 Å². The van der Waals surface area contributed by atoms with Crippen molar-refractivity contribution in [3.63, 3.8) is 0 Å². The molecule has 1 N–H and O–H groups in total. The van der Waals surface area contributed by atoms with Gasteiger partial charge < -0.3 is 5.11 Å². The Hall–Kier alpha value is -2.47. The van der Waals surface area contributed by atoms with Gasteiger partial charge in [0.25, 0.3) is 0 Å². The average molecular weight is 284 g/mol. The lowest BCUT2D eigenvalue weighted by Gasteiger charge is -2.01. The molecule has 3 aromatic rings. The fraction of sp³-hybridized carbons (Fsp3) is 0.267. The maximum absolute atomic E-state index is 11.6. The van der Waals surface area contributed by atoms with Crippen LogP contribution in [0, 0.1) is 6.92 Å². The summed E-state index contributed by atoms with van der Waals surface area (Å²) in [4.78, 5) is 11.6. The van der Waals surface area contributed by atoms with E-state index in [0.717, 1.165) is 22.3 Å². The molecule has 0 spiro atoms. The number of rotatable bonds is 4. The number of aryl methyl sites for hydroxylation is 1. The number of fused-ring (bicyclic) bond motifs is 1. The van der Waals surface area contributed by atoms with Crippen molar-refractivity contribution in [1.82, 2.24) is 19.4 Å². The first kappa shape index (κ1) is 13.5. The second kappa shape index (κ2) is 5.14. The monoisotopic (exact) mass is 284 g/mol. The Balaban J connectivity index is 2.12. The van der Waals surface area contributed by atoms with E-state index in [1.54, 1.807) is 15.4 Å². The molecule has 6 nitrogen and oxygen atoms in total. The van der Waals surface area contributed by atoms with E-state index in [2.05, 4.69) is 10.2 Å². The van der Waals surface area contributed by atoms with Crippen LogP contribution in [0.25, 0.3) is 16.6 Å². The van der Waals surface area contributed by atoms with Crippen LogP contribution >= 0.6 is 0 Å². The summed E-state index contributed by atoms with van der Waals surface area (Å²) in [5.41, 5.74) is 4.25. The van der Waals surface area contributed by atoms with Gasteiger partial charge in [-0.3, -0.25) is 9.48 Å². The molecule has 0 aliphatic rings. The largest absolute Gasteiger partial charge is 0.394 e. The zero-order valence-corrected chi connectivity index (χ0v) is 11.9. The Bertz CT molecular complexity index is 816. The first-order valence-corrected chi connectivity index (χ1v) is 6.74. The first-order valence-electron chi connectivity index (χ1n) is 6.74. The fourth-order valence-electron chi connectivity index (χ4n) is 2.44. The Morgan fingerprint density at radius 1 is 1.43 bits per heavy atom. The first-order chi connectivity index (χ1) is 10.1. The number of nitrogens with zero attached hydrogens (tertiary/aromatic N) is 4. The van der Waals surface area contributed by atoms with Crippen LogP contribution in [0.15, 0.2) is 30.7 Å². The van der Waals surface area contributed by atoms with Gasteiger partial charge in [-0.1, -0.05) is 0 Å². The molecule has 6 heteroatoms. The molecule has 0 saturated heterocycles. The predicted octanol–water partition coefficient (Wildman–Crippen LogP) is 1.70. The number of hydrogen-bond donors (Lipinski definition) is 1. The van der Waals surface area contributed by atoms with Crippen molar-refractivity contribution >= 4 is 11.3 Å². The number of carbonyl (C=O) groups excluding carboxylic acids is 1. The molecular weight excluding hydrogens is 268 g/mol. The van der Waals surface area contributed by atoms with E-state index in [1.807, 2.05) is 31.5 Å². The molecular formula is C15H16N4O2. The molecule has 108 valence electrons. The van der Waals surface area contributed by atoms with E-state index in [1.165, 1.54) is 6.92 Å². The predicted molar refractivity (Wildman–Crippen MR) is 78.2 cm³/mol. The standard InChI is InChI=1S/C15H16N4O2/c1-10-14(9-18(17-10)5-6-20)12-3-4-19-15(7-12)13(8-16-19)11(2)21/h3-4,7-9,20H,5-6H2,1-2H3. The van der Waals surface area contributed by atoms with E-state index in [-0.39, 0.29) is 12.4 Å². The van der Waals surface area contributed by atoms with Gasteiger partial charge >= 0.3 is 0 Å². The minimum atomic E-state index is -0.00477. The topological polar surface area (TPSA) is 72.4 Å². The van der Waals surface area contributed by atoms with Gasteiger partial charge in [0.1, 0.15) is 0 Å². The average Bonchev–Trinajstić information content (AvgIpc) is 3.02. The van der Waals surface area contributed by atoms with Crippen LogP contribution in [0.1, 0.15) is 23.0 Å². The SMILES string of the molecule is CC(=O)c1cnn2ccc(-c3cn(CCO)nc3C)cc12. The zero-order chi connectivity index (χ0) is 15.0. The number of ketones is 1. The molecule has 0 fully saturated rings. The second-order valence-corrected chi connectivity index (χ2v) is 4.97. The minimum Gasteiger partial charge on any atom is -0.394 e. The van der Waals surface area contributed by atoms with Crippen LogP contribution < -0.4 is 0 Å². The zero-order valence-electron chi connectivity index (χ0n) is 11.9. The normalized spacial score (nSPS) is 11.2. The highest BCUT2D eigenvalue weighted by Gasteiger charge is 2.12. The molecule has 0 aromatic carbocycles. The highest BCUT2D eigenvalue weighted by Crippen LogP contribution is 2.25. The van der Waals surface area contributed by atoms with Crippen LogP contribution in [0.4, 0.5) is 0 Å². The molecule has 3 heterocycles. The molecule has 0 aliphatic heterocycles. The fourth-order valence-corrected chi connectivity index (χ4v) is 2.44. The quantitative estimate of drug-likeness (QED) is 0.740. The maximum Gasteiger partial charge on any atom is 0.163 e. The molecule has 0 bridgehead atoms. The summed E-state index contributed by atoms with van der Waals surface area (Å²) in [6, 6.07) is 3.88. The van der Waals surface area contributed by atoms with E-state index in [0.29, 0.717) is 12.1 Å². The van der Waals surface area contributed by atoms with Gasteiger partial charge in [0.15, 0.2) is 5.78 Å². The van der Waals surface area contributed by atoms with Crippen molar-refractivity contribution in [3.8, 4) is 11.1 Å². The number of aliphatic hydroxyl groups is 1. The van der Waals surface area contributed by atoms with E-state index < -0.39 is 0 Å². The maximum atomic E-state index is 11.6. The Morgan fingerprint density at radius 3 is 2.95 bits per heavy atom. The van der Waals surface area contributed by atoms with Gasteiger partial charge in [-0.15, -0.1) is 0 Å². The Labute approximate surface area is 121 Å². The van der Waals surface area contributed by atoms with Crippen LogP contribution in [0.3, 0.4) is 0 Å². The third-order valence-corrected chi connectivity index (χ3v) is 3.49. The Kier molecular flexibility index (Phi) is 3.31. The van der Waals surface area contributed by atoms with Crippen LogP contribution in [0.2, 0.25) is 0 Å². The summed E-state index contributed by atoms with van der Waals surface area (Å²) in [6.45, 7) is 3.98. The lowest BCUT2D eigenvalue weighted by molar-refractivity contribution is 0.101. The summed E-state index contributed by atoms with van der Waals surface area (Å²) >= 11 is 0. The molecule has 3 rings (SSSR count). The van der Waals surface area contributed by atoms with Crippen molar-refractivity contribution in [2.75, 3.05) is 6.61 Å². The van der Waals surface area contributed by atoms with E-state index in [4.69, 9.17) is 5.11 Å². The lowest BCUT2D eigenvalue weighted by Crippen LogP contribution is -2.02. The van der Waals surface area contributed by atoms with Crippen molar-refractivity contribution in [3.05, 3.63) is 42.0 Å². The smallest absolute Gasteiger partial charge is 0.163 e. The highest BCUT2D eigenvalue weighted by atomic mass is 16.3. The molecule has 0 aliphatic carbocycles. The second-order valence-electron chi connectivity index (χ2n) is 4.97. The van der Waals surface area contributed by atoms with Crippen molar-refractivity contribution in [2.24, 2.45) is 0 Å². The van der Waals surface area contributed by atoms with Crippen molar-refractivity contribution in [2.45, 2.75) is 20.4 Å². The molecule has 3 aromatic heterocycles. The molecule has 21 heavy (non-hydrogen) atoms. The van der Waals surface area contributed by atoms with Gasteiger partial charge in [0.2, 0.25) is 0 Å². The number of carbonyl (C=O) groups is 1. The molecule has 0 unspecified atom stereocenters. The third kappa shape index (κ3) is 2.34. The van der Waals surface area contributed by atoms with Crippen LogP contribution in [-0.4, -0.2) is 36.9 Å². The molecule has 0 amide bonds. The van der Waals surface area contributed by atoms with E-state index in [9.17, 15) is 4.79 Å². The number of hydrogen-bond acceptors (Lipinski definition) is 4. The number of pyridine rings is 1. The lowest BCUT2D eigenvalue weighted by atomic mass is 10.1. The summed E-state index contributed by atoms with van der Waals surface area (Å²) in [5.74, 6) is -0.00477. The number of aromatic nitrogens is 4. The third-order valence-electron chi connectivity index (χ3n) is 3.49. The van der Waals surface area contributed by atoms with Gasteiger partial charge in [0.05, 0.1) is 36.1 Å². The highest BCUT2D eigenvalue weighted by molar-refractivity contribution is 6.01. The minimum absolute atomic E-state index is 0.00477. The van der Waals surface area contributed by atoms with Gasteiger partial charge in [-0.2, -0.15) is 10.2 Å². The van der Waals surface area contributed by atoms with Gasteiger partial charge in [-0.25, -0.2) is 4.52 Å². The summed E-state index contributed by atoms with van der Waals surface area (Å²) < 4.78 is 3.41. The molecule has 0 radical (unpaired) electrons. The summed E-state index contributed by atoms with van der Waals surface area (Å²) in [7, 11) is 0. The van der Waals surface area contributed by atoms with Gasteiger partial charge in [0, 0.05) is 18.0 Å². The summed E-state index contributed by atoms with van der Waals surface area (Å²) in [5, 5.41) is 17.5.